The summed E-state index contributed by atoms with van der Waals surface area (Å²) in [5.74, 6) is 1.01. The zero-order valence-corrected chi connectivity index (χ0v) is 15.6. The number of alkyl halides is 2. The van der Waals surface area contributed by atoms with Crippen molar-refractivity contribution in [2.75, 3.05) is 0 Å². The van der Waals surface area contributed by atoms with E-state index in [1.165, 1.54) is 22.3 Å². The van der Waals surface area contributed by atoms with Crippen LogP contribution in [0.15, 0.2) is 42.5 Å². The molecule has 2 rings (SSSR count). The number of hydrogen-bond acceptors (Lipinski definition) is 1. The molecule has 0 saturated heterocycles. The lowest BCUT2D eigenvalue weighted by molar-refractivity contribution is 0.302. The molecule has 3 heteroatoms. The minimum absolute atomic E-state index is 0.150. The molecule has 1 nitrogen and oxygen atoms in total. The van der Waals surface area contributed by atoms with Gasteiger partial charge in [-0.15, -0.1) is 0 Å². The van der Waals surface area contributed by atoms with E-state index in [4.69, 9.17) is 4.74 Å². The van der Waals surface area contributed by atoms with E-state index in [1.807, 2.05) is 12.1 Å². The number of rotatable bonds is 6. The van der Waals surface area contributed by atoms with E-state index in [-0.39, 0.29) is 3.74 Å². The van der Waals surface area contributed by atoms with Crippen molar-refractivity contribution < 1.29 is 4.74 Å². The average Bonchev–Trinajstić information content (AvgIpc) is 2.52. The van der Waals surface area contributed by atoms with Gasteiger partial charge in [0.25, 0.3) is 0 Å². The molecule has 112 valence electrons. The second kappa shape index (κ2) is 8.00. The third-order valence-electron chi connectivity index (χ3n) is 3.59. The molecular formula is C18H20Br2O. The molecule has 0 heterocycles. The Bertz CT molecular complexity index is 594. The fraction of sp³-hybridized carbons (Fsp3) is 0.333. The summed E-state index contributed by atoms with van der Waals surface area (Å²) >= 11 is 7.14. The van der Waals surface area contributed by atoms with Crippen LogP contribution in [0.4, 0.5) is 0 Å². The minimum atomic E-state index is 0.150. The molecule has 0 N–H and O–H groups in total. The maximum atomic E-state index is 6.11. The van der Waals surface area contributed by atoms with E-state index in [9.17, 15) is 0 Å². The van der Waals surface area contributed by atoms with Crippen LogP contribution in [0.25, 0.3) is 0 Å². The van der Waals surface area contributed by atoms with Crippen LogP contribution in [0.2, 0.25) is 0 Å². The molecule has 0 aliphatic rings. The third-order valence-corrected chi connectivity index (χ3v) is 4.58. The van der Waals surface area contributed by atoms with Crippen molar-refractivity contribution >= 4 is 31.9 Å². The smallest absolute Gasteiger partial charge is 0.123 e. The van der Waals surface area contributed by atoms with Crippen LogP contribution in [0.3, 0.4) is 0 Å². The molecule has 0 aromatic heterocycles. The molecule has 0 amide bonds. The van der Waals surface area contributed by atoms with Gasteiger partial charge in [-0.1, -0.05) is 82.1 Å². The van der Waals surface area contributed by atoms with Gasteiger partial charge in [-0.3, -0.25) is 0 Å². The van der Waals surface area contributed by atoms with Crippen molar-refractivity contribution in [1.29, 1.82) is 0 Å². The fourth-order valence-electron chi connectivity index (χ4n) is 2.28. The molecule has 0 aliphatic heterocycles. The van der Waals surface area contributed by atoms with Crippen LogP contribution >= 0.6 is 31.9 Å². The van der Waals surface area contributed by atoms with Crippen LogP contribution in [-0.2, 0) is 19.4 Å². The number of halogens is 2. The molecule has 0 spiro atoms. The zero-order valence-electron chi connectivity index (χ0n) is 12.4. The lowest BCUT2D eigenvalue weighted by Gasteiger charge is -2.15. The SMILES string of the molecule is CCc1ccc(CC)c(OCc2ccccc2C(Br)Br)c1. The van der Waals surface area contributed by atoms with Gasteiger partial charge in [0, 0.05) is 0 Å². The summed E-state index contributed by atoms with van der Waals surface area (Å²) in [4.78, 5) is 0. The normalized spacial score (nSPS) is 10.9. The summed E-state index contributed by atoms with van der Waals surface area (Å²) in [6, 6.07) is 14.8. The molecule has 0 bridgehead atoms. The van der Waals surface area contributed by atoms with Gasteiger partial charge in [0.05, 0.1) is 3.74 Å². The van der Waals surface area contributed by atoms with Crippen LogP contribution in [0.5, 0.6) is 5.75 Å². The summed E-state index contributed by atoms with van der Waals surface area (Å²) in [6.45, 7) is 4.92. The van der Waals surface area contributed by atoms with Gasteiger partial charge in [0.1, 0.15) is 12.4 Å². The van der Waals surface area contributed by atoms with Crippen LogP contribution in [0, 0.1) is 0 Å². The first-order valence-corrected chi connectivity index (χ1v) is 9.09. The third kappa shape index (κ3) is 4.33. The highest BCUT2D eigenvalue weighted by atomic mass is 79.9. The van der Waals surface area contributed by atoms with Crippen LogP contribution in [0.1, 0.15) is 39.8 Å². The van der Waals surface area contributed by atoms with Crippen molar-refractivity contribution in [1.82, 2.24) is 0 Å². The van der Waals surface area contributed by atoms with Gasteiger partial charge >= 0.3 is 0 Å². The zero-order chi connectivity index (χ0) is 15.2. The minimum Gasteiger partial charge on any atom is -0.489 e. The molecule has 0 fully saturated rings. The Morgan fingerprint density at radius 1 is 0.952 bits per heavy atom. The lowest BCUT2D eigenvalue weighted by atomic mass is 10.1. The van der Waals surface area contributed by atoms with Crippen molar-refractivity contribution in [3.8, 4) is 5.75 Å². The molecule has 2 aromatic rings. The first kappa shape index (κ1) is 16.6. The van der Waals surface area contributed by atoms with E-state index in [0.717, 1.165) is 18.6 Å². The first-order chi connectivity index (χ1) is 10.2. The van der Waals surface area contributed by atoms with E-state index >= 15 is 0 Å². The molecule has 2 aromatic carbocycles. The number of ether oxygens (including phenoxy) is 1. The van der Waals surface area contributed by atoms with Crippen LogP contribution < -0.4 is 4.74 Å². The predicted octanol–water partition coefficient (Wildman–Crippen LogP) is 6.18. The summed E-state index contributed by atoms with van der Waals surface area (Å²) in [6.07, 6.45) is 2.02. The standard InChI is InChI=1S/C18H20Br2O/c1-3-13-9-10-14(4-2)17(11-13)21-12-15-7-5-6-8-16(15)18(19)20/h5-11,18H,3-4,12H2,1-2H3. The summed E-state index contributed by atoms with van der Waals surface area (Å²) in [7, 11) is 0. The predicted molar refractivity (Wildman–Crippen MR) is 96.6 cm³/mol. The largest absolute Gasteiger partial charge is 0.489 e. The molecule has 0 saturated carbocycles. The number of hydrogen-bond donors (Lipinski definition) is 0. The first-order valence-electron chi connectivity index (χ1n) is 7.26. The van der Waals surface area contributed by atoms with Crippen molar-refractivity contribution in [2.45, 2.75) is 37.0 Å². The Kier molecular flexibility index (Phi) is 6.31. The molecule has 0 radical (unpaired) electrons. The van der Waals surface area contributed by atoms with Gasteiger partial charge in [-0.05, 0) is 41.2 Å². The maximum Gasteiger partial charge on any atom is 0.123 e. The van der Waals surface area contributed by atoms with E-state index < -0.39 is 0 Å². The highest BCUT2D eigenvalue weighted by Crippen LogP contribution is 2.32. The number of benzene rings is 2. The molecular weight excluding hydrogens is 392 g/mol. The lowest BCUT2D eigenvalue weighted by Crippen LogP contribution is -2.02. The van der Waals surface area contributed by atoms with Gasteiger partial charge in [-0.2, -0.15) is 0 Å². The highest BCUT2D eigenvalue weighted by molar-refractivity contribution is 9.24. The molecule has 21 heavy (non-hydrogen) atoms. The Labute approximate surface area is 144 Å². The maximum absolute atomic E-state index is 6.11. The van der Waals surface area contributed by atoms with Gasteiger partial charge in [0.15, 0.2) is 0 Å². The Morgan fingerprint density at radius 3 is 2.38 bits per heavy atom. The second-order valence-electron chi connectivity index (χ2n) is 4.94. The molecule has 0 atom stereocenters. The monoisotopic (exact) mass is 410 g/mol. The fourth-order valence-corrected chi connectivity index (χ4v) is 3.17. The Morgan fingerprint density at radius 2 is 1.71 bits per heavy atom. The van der Waals surface area contributed by atoms with Crippen LogP contribution in [-0.4, -0.2) is 0 Å². The van der Waals surface area contributed by atoms with Crippen molar-refractivity contribution in [3.63, 3.8) is 0 Å². The topological polar surface area (TPSA) is 9.23 Å². The Balaban J connectivity index is 2.20. The van der Waals surface area contributed by atoms with Crippen molar-refractivity contribution in [2.24, 2.45) is 0 Å². The van der Waals surface area contributed by atoms with E-state index in [0.29, 0.717) is 6.61 Å². The average molecular weight is 412 g/mol. The molecule has 0 aliphatic carbocycles. The quantitative estimate of drug-likeness (QED) is 0.515. The Hall–Kier alpha value is -0.800. The summed E-state index contributed by atoms with van der Waals surface area (Å²) in [5.41, 5.74) is 4.98. The van der Waals surface area contributed by atoms with Gasteiger partial charge in [0.2, 0.25) is 0 Å². The second-order valence-corrected chi connectivity index (χ2v) is 8.00. The van der Waals surface area contributed by atoms with Gasteiger partial charge < -0.3 is 4.74 Å². The number of aryl methyl sites for hydroxylation is 2. The highest BCUT2D eigenvalue weighted by Gasteiger charge is 2.10. The van der Waals surface area contributed by atoms with E-state index in [2.05, 4.69) is 76.0 Å². The summed E-state index contributed by atoms with van der Waals surface area (Å²) in [5, 5.41) is 0. The van der Waals surface area contributed by atoms with Gasteiger partial charge in [-0.25, -0.2) is 0 Å². The molecule has 0 unspecified atom stereocenters. The summed E-state index contributed by atoms with van der Waals surface area (Å²) < 4.78 is 6.26. The van der Waals surface area contributed by atoms with E-state index in [1.54, 1.807) is 0 Å². The van der Waals surface area contributed by atoms with Crippen molar-refractivity contribution in [3.05, 3.63) is 64.7 Å².